The second-order valence-corrected chi connectivity index (χ2v) is 5.96. The summed E-state index contributed by atoms with van der Waals surface area (Å²) >= 11 is 0.371. The zero-order chi connectivity index (χ0) is 17.7. The summed E-state index contributed by atoms with van der Waals surface area (Å²) in [7, 11) is 0. The molecule has 0 saturated heterocycles. The fourth-order valence-corrected chi connectivity index (χ4v) is 2.54. The maximum absolute atomic E-state index is 13.2. The predicted molar refractivity (Wildman–Crippen MR) is 85.2 cm³/mol. The summed E-state index contributed by atoms with van der Waals surface area (Å²) < 4.78 is 50.8. The monoisotopic (exact) mass is 358 g/mol. The summed E-state index contributed by atoms with van der Waals surface area (Å²) in [4.78, 5) is 12.3. The Morgan fingerprint density at radius 3 is 2.50 bits per heavy atom. The van der Waals surface area contributed by atoms with E-state index >= 15 is 0 Å². The number of rotatable bonds is 5. The Kier molecular flexibility index (Phi) is 6.08. The van der Waals surface area contributed by atoms with Crippen LogP contribution in [0.5, 0.6) is 0 Å². The molecule has 2 amide bonds. The lowest BCUT2D eigenvalue weighted by molar-refractivity contribution is 0.249. The first-order valence-corrected chi connectivity index (χ1v) is 7.80. The van der Waals surface area contributed by atoms with E-state index in [2.05, 4.69) is 10.6 Å². The van der Waals surface area contributed by atoms with Crippen LogP contribution in [0.15, 0.2) is 47.4 Å². The summed E-state index contributed by atoms with van der Waals surface area (Å²) in [5.41, 5.74) is 0.738. The van der Waals surface area contributed by atoms with Gasteiger partial charge < -0.3 is 10.6 Å². The summed E-state index contributed by atoms with van der Waals surface area (Å²) in [6.45, 7) is 1.61. The Labute approximate surface area is 140 Å². The summed E-state index contributed by atoms with van der Waals surface area (Å²) in [6, 6.07) is 8.19. The number of nitrogens with one attached hydrogen (secondary N) is 2. The Hall–Kier alpha value is -2.22. The molecule has 2 aromatic carbocycles. The molecular formula is C16H14F4N2OS. The minimum absolute atomic E-state index is 0.316. The third kappa shape index (κ3) is 5.16. The first kappa shape index (κ1) is 18.1. The van der Waals surface area contributed by atoms with Gasteiger partial charge in [0.15, 0.2) is 11.6 Å². The standard InChI is InChI=1S/C16H14F4N2OS/c1-9(10-5-6-13(17)14(18)7-10)21-16(23)22-11-3-2-4-12(8-11)24-15(19)20/h2-9,15H,1H3,(H2,21,22,23). The Balaban J connectivity index is 1.98. The van der Waals surface area contributed by atoms with Crippen LogP contribution in [0.4, 0.5) is 28.0 Å². The molecule has 0 aliphatic rings. The van der Waals surface area contributed by atoms with E-state index in [-0.39, 0.29) is 0 Å². The Morgan fingerprint density at radius 2 is 1.83 bits per heavy atom. The third-order valence-electron chi connectivity index (χ3n) is 3.11. The fraction of sp³-hybridized carbons (Fsp3) is 0.188. The van der Waals surface area contributed by atoms with E-state index in [1.54, 1.807) is 19.1 Å². The van der Waals surface area contributed by atoms with E-state index in [4.69, 9.17) is 0 Å². The predicted octanol–water partition coefficient (Wildman–Crippen LogP) is 5.16. The van der Waals surface area contributed by atoms with E-state index in [1.807, 2.05) is 0 Å². The average molecular weight is 358 g/mol. The third-order valence-corrected chi connectivity index (χ3v) is 3.81. The number of hydrogen-bond acceptors (Lipinski definition) is 2. The van der Waals surface area contributed by atoms with Crippen molar-refractivity contribution in [2.45, 2.75) is 23.6 Å². The molecule has 0 aliphatic carbocycles. The number of thioether (sulfide) groups is 1. The lowest BCUT2D eigenvalue weighted by Crippen LogP contribution is -2.31. The molecule has 0 aromatic heterocycles. The van der Waals surface area contributed by atoms with Gasteiger partial charge in [-0.3, -0.25) is 0 Å². The molecule has 0 heterocycles. The van der Waals surface area contributed by atoms with Gasteiger partial charge in [-0.25, -0.2) is 13.6 Å². The fourth-order valence-electron chi connectivity index (χ4n) is 1.98. The van der Waals surface area contributed by atoms with Gasteiger partial charge in [-0.05, 0) is 42.8 Å². The highest BCUT2D eigenvalue weighted by Crippen LogP contribution is 2.27. The van der Waals surface area contributed by atoms with Gasteiger partial charge in [0, 0.05) is 10.6 Å². The highest BCUT2D eigenvalue weighted by Gasteiger charge is 2.13. The summed E-state index contributed by atoms with van der Waals surface area (Å²) in [6.07, 6.45) is 0. The van der Waals surface area contributed by atoms with E-state index < -0.39 is 29.5 Å². The number of halogens is 4. The minimum Gasteiger partial charge on any atom is -0.331 e. The Morgan fingerprint density at radius 1 is 1.08 bits per heavy atom. The summed E-state index contributed by atoms with van der Waals surface area (Å²) in [5, 5.41) is 5.06. The zero-order valence-electron chi connectivity index (χ0n) is 12.5. The van der Waals surface area contributed by atoms with Crippen LogP contribution < -0.4 is 10.6 Å². The van der Waals surface area contributed by atoms with Gasteiger partial charge in [-0.2, -0.15) is 8.78 Å². The van der Waals surface area contributed by atoms with Crippen molar-refractivity contribution in [1.82, 2.24) is 5.32 Å². The van der Waals surface area contributed by atoms with Crippen LogP contribution >= 0.6 is 11.8 Å². The molecule has 24 heavy (non-hydrogen) atoms. The topological polar surface area (TPSA) is 41.1 Å². The lowest BCUT2D eigenvalue weighted by Gasteiger charge is -2.15. The number of carbonyl (C=O) groups is 1. The van der Waals surface area contributed by atoms with Crippen molar-refractivity contribution in [3.05, 3.63) is 59.7 Å². The molecule has 0 radical (unpaired) electrons. The lowest BCUT2D eigenvalue weighted by atomic mass is 10.1. The van der Waals surface area contributed by atoms with Gasteiger partial charge in [-0.1, -0.05) is 23.9 Å². The molecular weight excluding hydrogens is 344 g/mol. The van der Waals surface area contributed by atoms with Gasteiger partial charge in [0.25, 0.3) is 5.76 Å². The quantitative estimate of drug-likeness (QED) is 0.572. The molecule has 0 fully saturated rings. The number of carbonyl (C=O) groups excluding carboxylic acids is 1. The molecule has 0 aliphatic heterocycles. The molecule has 0 bridgehead atoms. The van der Waals surface area contributed by atoms with Gasteiger partial charge in [0.05, 0.1) is 6.04 Å². The first-order valence-electron chi connectivity index (χ1n) is 6.92. The van der Waals surface area contributed by atoms with Crippen LogP contribution in [0.3, 0.4) is 0 Å². The molecule has 0 spiro atoms. The normalized spacial score (nSPS) is 12.1. The molecule has 128 valence electrons. The number of amides is 2. The van der Waals surface area contributed by atoms with Crippen LogP contribution in [-0.4, -0.2) is 11.8 Å². The molecule has 2 N–H and O–H groups in total. The molecule has 2 aromatic rings. The van der Waals surface area contributed by atoms with Crippen molar-refractivity contribution in [3.8, 4) is 0 Å². The van der Waals surface area contributed by atoms with E-state index in [1.165, 1.54) is 18.2 Å². The second kappa shape index (κ2) is 8.05. The van der Waals surface area contributed by atoms with Gasteiger partial charge in [0.1, 0.15) is 0 Å². The maximum atomic E-state index is 13.2. The molecule has 0 saturated carbocycles. The number of urea groups is 1. The molecule has 2 rings (SSSR count). The van der Waals surface area contributed by atoms with Crippen molar-refractivity contribution in [3.63, 3.8) is 0 Å². The van der Waals surface area contributed by atoms with Crippen LogP contribution in [0.1, 0.15) is 18.5 Å². The largest absolute Gasteiger partial charge is 0.331 e. The molecule has 8 heteroatoms. The van der Waals surface area contributed by atoms with E-state index in [0.717, 1.165) is 12.1 Å². The zero-order valence-corrected chi connectivity index (χ0v) is 13.3. The number of anilines is 1. The Bertz CT molecular complexity index is 727. The SMILES string of the molecule is CC(NC(=O)Nc1cccc(SC(F)F)c1)c1ccc(F)c(F)c1. The number of hydrogen-bond donors (Lipinski definition) is 2. The minimum atomic E-state index is -2.55. The van der Waals surface area contributed by atoms with Crippen LogP contribution in [0.25, 0.3) is 0 Å². The van der Waals surface area contributed by atoms with Crippen LogP contribution in [0.2, 0.25) is 0 Å². The maximum Gasteiger partial charge on any atom is 0.319 e. The van der Waals surface area contributed by atoms with Crippen LogP contribution in [-0.2, 0) is 0 Å². The van der Waals surface area contributed by atoms with Crippen molar-refractivity contribution >= 4 is 23.5 Å². The molecule has 3 nitrogen and oxygen atoms in total. The van der Waals surface area contributed by atoms with Crippen LogP contribution in [0, 0.1) is 11.6 Å². The average Bonchev–Trinajstić information content (AvgIpc) is 2.49. The first-order chi connectivity index (χ1) is 11.3. The van der Waals surface area contributed by atoms with E-state index in [9.17, 15) is 22.4 Å². The molecule has 1 unspecified atom stereocenters. The van der Waals surface area contributed by atoms with Gasteiger partial charge in [0.2, 0.25) is 0 Å². The van der Waals surface area contributed by atoms with Crippen molar-refractivity contribution in [2.75, 3.05) is 5.32 Å². The summed E-state index contributed by atoms with van der Waals surface area (Å²) in [5.74, 6) is -4.52. The smallest absolute Gasteiger partial charge is 0.319 e. The highest BCUT2D eigenvalue weighted by atomic mass is 32.2. The van der Waals surface area contributed by atoms with Crippen molar-refractivity contribution in [1.29, 1.82) is 0 Å². The van der Waals surface area contributed by atoms with Gasteiger partial charge >= 0.3 is 6.03 Å². The van der Waals surface area contributed by atoms with Crippen molar-refractivity contribution < 1.29 is 22.4 Å². The number of alkyl halides is 2. The highest BCUT2D eigenvalue weighted by molar-refractivity contribution is 7.99. The number of benzene rings is 2. The van der Waals surface area contributed by atoms with Gasteiger partial charge in [-0.15, -0.1) is 0 Å². The second-order valence-electron chi connectivity index (χ2n) is 4.90. The van der Waals surface area contributed by atoms with Crippen molar-refractivity contribution in [2.24, 2.45) is 0 Å². The van der Waals surface area contributed by atoms with E-state index in [0.29, 0.717) is 27.9 Å². The molecule has 1 atom stereocenters.